The number of rotatable bonds is 2. The monoisotopic (exact) mass is 391 g/mol. The molecule has 0 aliphatic rings. The lowest BCUT2D eigenvalue weighted by Gasteiger charge is -2.07. The lowest BCUT2D eigenvalue weighted by molar-refractivity contribution is -0.139. The lowest BCUT2D eigenvalue weighted by Crippen LogP contribution is -2.34. The quantitative estimate of drug-likeness (QED) is 0.581. The van der Waals surface area contributed by atoms with E-state index in [0.29, 0.717) is 0 Å². The summed E-state index contributed by atoms with van der Waals surface area (Å²) in [5.74, 6) is -0.910. The van der Waals surface area contributed by atoms with E-state index in [9.17, 15) is 9.59 Å². The number of aromatic amines is 1. The van der Waals surface area contributed by atoms with Gasteiger partial charge in [0, 0.05) is 27.5 Å². The van der Waals surface area contributed by atoms with Crippen LogP contribution in [-0.4, -0.2) is 27.1 Å². The number of aromatic nitrogens is 2. The Kier molecular flexibility index (Phi) is 5.69. The molecule has 0 amide bonds. The first-order valence-corrected chi connectivity index (χ1v) is 8.14. The molecule has 7 heteroatoms. The highest BCUT2D eigenvalue weighted by Crippen LogP contribution is 2.23. The first-order chi connectivity index (χ1) is 11.3. The Balaban J connectivity index is 0.000000224. The molecule has 6 nitrogen and oxygen atoms in total. The number of benzene rings is 1. The summed E-state index contributed by atoms with van der Waals surface area (Å²) in [6.45, 7) is 3.55. The van der Waals surface area contributed by atoms with Gasteiger partial charge in [-0.05, 0) is 30.2 Å². The molecule has 0 radical (unpaired) electrons. The number of hydrogen-bond acceptors (Lipinski definition) is 4. The van der Waals surface area contributed by atoms with Crippen LogP contribution in [0.2, 0.25) is 0 Å². The largest absolute Gasteiger partial charge is 0.480 e. The van der Waals surface area contributed by atoms with E-state index in [1.165, 1.54) is 6.07 Å². The first-order valence-electron chi connectivity index (χ1n) is 7.35. The molecule has 24 heavy (non-hydrogen) atoms. The van der Waals surface area contributed by atoms with Gasteiger partial charge in [-0.2, -0.15) is 0 Å². The number of pyridine rings is 2. The van der Waals surface area contributed by atoms with Gasteiger partial charge in [-0.1, -0.05) is 29.8 Å². The lowest BCUT2D eigenvalue weighted by atomic mass is 10.1. The zero-order valence-corrected chi connectivity index (χ0v) is 14.9. The van der Waals surface area contributed by atoms with Gasteiger partial charge in [0.1, 0.15) is 6.04 Å². The Bertz CT molecular complexity index is 937. The van der Waals surface area contributed by atoms with Gasteiger partial charge >= 0.3 is 5.97 Å². The summed E-state index contributed by atoms with van der Waals surface area (Å²) in [6, 6.07) is 8.39. The second-order valence-corrected chi connectivity index (χ2v) is 6.60. The minimum atomic E-state index is -0.931. The summed E-state index contributed by atoms with van der Waals surface area (Å²) in [7, 11) is 0. The minimum absolute atomic E-state index is 0.0208. The highest BCUT2D eigenvalue weighted by molar-refractivity contribution is 9.10. The van der Waals surface area contributed by atoms with Gasteiger partial charge in [0.25, 0.3) is 0 Å². The van der Waals surface area contributed by atoms with Gasteiger partial charge in [-0.25, -0.2) is 0 Å². The third kappa shape index (κ3) is 4.18. The molecule has 0 saturated heterocycles. The van der Waals surface area contributed by atoms with Gasteiger partial charge in [-0.15, -0.1) is 0 Å². The van der Waals surface area contributed by atoms with Crippen molar-refractivity contribution in [1.82, 2.24) is 9.97 Å². The van der Waals surface area contributed by atoms with E-state index in [4.69, 9.17) is 10.8 Å². The van der Waals surface area contributed by atoms with E-state index in [1.807, 2.05) is 18.2 Å². The predicted molar refractivity (Wildman–Crippen MR) is 98.0 cm³/mol. The Hall–Kier alpha value is -2.25. The van der Waals surface area contributed by atoms with Crippen LogP contribution in [0.5, 0.6) is 0 Å². The van der Waals surface area contributed by atoms with E-state index >= 15 is 0 Å². The van der Waals surface area contributed by atoms with Crippen molar-refractivity contribution in [2.24, 2.45) is 11.7 Å². The number of nitrogens with two attached hydrogens (primary N) is 1. The average Bonchev–Trinajstić information content (AvgIpc) is 2.54. The number of hydrogen-bond donors (Lipinski definition) is 3. The number of carboxylic acid groups (broad SMARTS) is 1. The molecule has 0 aliphatic carbocycles. The van der Waals surface area contributed by atoms with E-state index < -0.39 is 12.0 Å². The summed E-state index contributed by atoms with van der Waals surface area (Å²) in [5.41, 5.74) is 6.77. The van der Waals surface area contributed by atoms with Crippen molar-refractivity contribution >= 4 is 43.7 Å². The highest BCUT2D eigenvalue weighted by Gasteiger charge is 2.14. The maximum Gasteiger partial charge on any atom is 0.320 e. The van der Waals surface area contributed by atoms with Crippen LogP contribution in [0.1, 0.15) is 13.8 Å². The van der Waals surface area contributed by atoms with E-state index in [2.05, 4.69) is 25.9 Å². The van der Waals surface area contributed by atoms with Gasteiger partial charge in [-0.3, -0.25) is 14.6 Å². The number of aliphatic carboxylic acids is 1. The molecule has 2 aromatic heterocycles. The second kappa shape index (κ2) is 7.55. The van der Waals surface area contributed by atoms with E-state index in [-0.39, 0.29) is 11.5 Å². The smallest absolute Gasteiger partial charge is 0.320 e. The van der Waals surface area contributed by atoms with Crippen LogP contribution in [0.4, 0.5) is 0 Å². The van der Waals surface area contributed by atoms with Gasteiger partial charge in [0.2, 0.25) is 5.56 Å². The zero-order valence-electron chi connectivity index (χ0n) is 13.3. The van der Waals surface area contributed by atoms with Crippen LogP contribution in [0.3, 0.4) is 0 Å². The maximum absolute atomic E-state index is 11.3. The predicted octanol–water partition coefficient (Wildman–Crippen LogP) is 2.89. The molecule has 2 heterocycles. The zero-order chi connectivity index (χ0) is 17.9. The molecule has 3 rings (SSSR count). The van der Waals surface area contributed by atoms with Crippen LogP contribution in [0.25, 0.3) is 21.8 Å². The number of carboxylic acids is 1. The molecule has 0 aliphatic heterocycles. The number of carbonyl (C=O) groups is 1. The average molecular weight is 392 g/mol. The van der Waals surface area contributed by atoms with Crippen LogP contribution in [0, 0.1) is 5.92 Å². The van der Waals surface area contributed by atoms with Crippen molar-refractivity contribution in [3.05, 3.63) is 51.4 Å². The Morgan fingerprint density at radius 2 is 2.00 bits per heavy atom. The molecule has 1 aromatic carbocycles. The van der Waals surface area contributed by atoms with Crippen molar-refractivity contribution < 1.29 is 9.90 Å². The fourth-order valence-electron chi connectivity index (χ4n) is 2.06. The fraction of sp³-hybridized carbons (Fsp3) is 0.235. The molecular weight excluding hydrogens is 374 g/mol. The van der Waals surface area contributed by atoms with Gasteiger partial charge in [0.15, 0.2) is 0 Å². The summed E-state index contributed by atoms with van der Waals surface area (Å²) >= 11 is 3.42. The molecule has 4 N–H and O–H groups in total. The Labute approximate surface area is 146 Å². The summed E-state index contributed by atoms with van der Waals surface area (Å²) in [5, 5.41) is 10.1. The molecule has 0 spiro atoms. The van der Waals surface area contributed by atoms with Crippen molar-refractivity contribution in [3.8, 4) is 0 Å². The second-order valence-electron chi connectivity index (χ2n) is 5.68. The molecule has 0 bridgehead atoms. The third-order valence-corrected chi connectivity index (χ3v) is 4.02. The summed E-state index contributed by atoms with van der Waals surface area (Å²) in [6.07, 6.45) is 1.77. The van der Waals surface area contributed by atoms with Crippen LogP contribution in [0.15, 0.2) is 45.8 Å². The molecule has 0 unspecified atom stereocenters. The number of nitrogens with one attached hydrogen (secondary N) is 1. The molecule has 0 saturated carbocycles. The molecule has 126 valence electrons. The first kappa shape index (κ1) is 18.1. The van der Waals surface area contributed by atoms with Crippen LogP contribution < -0.4 is 11.3 Å². The van der Waals surface area contributed by atoms with Crippen LogP contribution in [-0.2, 0) is 4.79 Å². The SMILES string of the molecule is CC(C)[C@H](N)C(=O)O.O=c1ccc2cnc3ccc(Br)cc3c2[nH]1. The third-order valence-electron chi connectivity index (χ3n) is 3.53. The highest BCUT2D eigenvalue weighted by atomic mass is 79.9. The number of H-pyrrole nitrogens is 1. The molecular formula is C17H18BrN3O3. The van der Waals surface area contributed by atoms with Gasteiger partial charge in [0.05, 0.1) is 11.0 Å². The Morgan fingerprint density at radius 3 is 2.58 bits per heavy atom. The van der Waals surface area contributed by atoms with E-state index in [1.54, 1.807) is 26.1 Å². The Morgan fingerprint density at radius 1 is 1.29 bits per heavy atom. The van der Waals surface area contributed by atoms with Gasteiger partial charge < -0.3 is 15.8 Å². The molecule has 0 fully saturated rings. The standard InChI is InChI=1S/C12H7BrN2O.C5H11NO2/c13-8-2-3-10-9(5-8)12-7(6-14-10)1-4-11(16)15-12;1-3(2)4(6)5(7)8/h1-6H,(H,15,16);3-4H,6H2,1-2H3,(H,7,8)/t;4-/m.0/s1. The van der Waals surface area contributed by atoms with Crippen LogP contribution >= 0.6 is 15.9 Å². The summed E-state index contributed by atoms with van der Waals surface area (Å²) < 4.78 is 0.971. The van der Waals surface area contributed by atoms with Crippen molar-refractivity contribution in [2.45, 2.75) is 19.9 Å². The van der Waals surface area contributed by atoms with Crippen molar-refractivity contribution in [2.75, 3.05) is 0 Å². The van der Waals surface area contributed by atoms with E-state index in [0.717, 1.165) is 26.3 Å². The number of halogens is 1. The maximum atomic E-state index is 11.3. The number of fused-ring (bicyclic) bond motifs is 3. The van der Waals surface area contributed by atoms with Crippen molar-refractivity contribution in [3.63, 3.8) is 0 Å². The number of nitrogens with zero attached hydrogens (tertiary/aromatic N) is 1. The topological polar surface area (TPSA) is 109 Å². The minimum Gasteiger partial charge on any atom is -0.480 e. The molecule has 3 aromatic rings. The summed E-state index contributed by atoms with van der Waals surface area (Å²) in [4.78, 5) is 28.5. The molecule has 1 atom stereocenters. The normalized spacial score (nSPS) is 12.0. The van der Waals surface area contributed by atoms with Crippen molar-refractivity contribution in [1.29, 1.82) is 0 Å². The fourth-order valence-corrected chi connectivity index (χ4v) is 2.42.